The number of fused-ring (bicyclic) bond motifs is 3. The fourth-order valence-electron chi connectivity index (χ4n) is 4.39. The van der Waals surface area contributed by atoms with Gasteiger partial charge in [0.15, 0.2) is 5.82 Å². The van der Waals surface area contributed by atoms with Crippen molar-refractivity contribution in [3.8, 4) is 5.75 Å². The van der Waals surface area contributed by atoms with Gasteiger partial charge in [0.1, 0.15) is 11.4 Å². The Balaban J connectivity index is 1.56. The van der Waals surface area contributed by atoms with Gasteiger partial charge >= 0.3 is 6.18 Å². The van der Waals surface area contributed by atoms with Crippen molar-refractivity contribution in [2.75, 3.05) is 10.6 Å². The molecule has 1 amide bonds. The predicted octanol–water partition coefficient (Wildman–Crippen LogP) is 7.39. The highest BCUT2D eigenvalue weighted by Crippen LogP contribution is 2.43. The first kappa shape index (κ1) is 24.9. The zero-order chi connectivity index (χ0) is 26.7. The summed E-state index contributed by atoms with van der Waals surface area (Å²) in [5.41, 5.74) is 0.566. The molecule has 4 aromatic rings. The number of H-pyrrole nitrogens is 1. The van der Waals surface area contributed by atoms with E-state index in [2.05, 4.69) is 20.6 Å². The largest absolute Gasteiger partial charge is 0.486 e. The van der Waals surface area contributed by atoms with Gasteiger partial charge in [-0.05, 0) is 50.6 Å². The van der Waals surface area contributed by atoms with E-state index in [9.17, 15) is 22.4 Å². The molecule has 0 bridgehead atoms. The summed E-state index contributed by atoms with van der Waals surface area (Å²) < 4.78 is 60.0. The van der Waals surface area contributed by atoms with Crippen LogP contribution in [0.25, 0.3) is 11.0 Å². The molecule has 2 heterocycles. The molecule has 6 nitrogen and oxygen atoms in total. The van der Waals surface area contributed by atoms with Crippen LogP contribution in [-0.2, 0) is 12.6 Å². The molecule has 11 heteroatoms. The van der Waals surface area contributed by atoms with E-state index in [1.165, 1.54) is 6.07 Å². The molecular formula is C26H21ClF4N4O2. The molecule has 1 aliphatic heterocycles. The first-order chi connectivity index (χ1) is 17.3. The van der Waals surface area contributed by atoms with Gasteiger partial charge in [-0.15, -0.1) is 0 Å². The van der Waals surface area contributed by atoms with Crippen molar-refractivity contribution >= 4 is 45.9 Å². The zero-order valence-electron chi connectivity index (χ0n) is 19.9. The number of alkyl halides is 3. The third-order valence-corrected chi connectivity index (χ3v) is 6.38. The van der Waals surface area contributed by atoms with Crippen LogP contribution in [0.5, 0.6) is 5.75 Å². The third-order valence-electron chi connectivity index (χ3n) is 6.07. The van der Waals surface area contributed by atoms with Crippen molar-refractivity contribution in [2.24, 2.45) is 0 Å². The monoisotopic (exact) mass is 532 g/mol. The van der Waals surface area contributed by atoms with Gasteiger partial charge in [-0.25, -0.2) is 9.37 Å². The molecule has 0 saturated carbocycles. The van der Waals surface area contributed by atoms with Gasteiger partial charge in [-0.2, -0.15) is 13.2 Å². The summed E-state index contributed by atoms with van der Waals surface area (Å²) in [5, 5.41) is 5.92. The Morgan fingerprint density at radius 2 is 1.92 bits per heavy atom. The standard InChI is InChI=1S/C26H21ClF4N4O2/c1-12-6-4-8-16(27)20(12)34-24-33-18-10-13(22-14(21(18)35-24)11-25(2,3)37-22)23(36)32-17-9-5-7-15(19(17)28)26(29,30)31/h4-10H,11H2,1-3H3,(H,32,36)(H2,33,34,35). The molecule has 1 aromatic heterocycles. The molecule has 0 unspecified atom stereocenters. The number of amides is 1. The second-order valence-electron chi connectivity index (χ2n) is 9.43. The lowest BCUT2D eigenvalue weighted by Crippen LogP contribution is -2.25. The van der Waals surface area contributed by atoms with Gasteiger partial charge in [0.05, 0.1) is 38.6 Å². The van der Waals surface area contributed by atoms with Crippen LogP contribution in [0.1, 0.15) is 40.9 Å². The van der Waals surface area contributed by atoms with E-state index in [1.807, 2.05) is 32.9 Å². The maximum absolute atomic E-state index is 14.6. The van der Waals surface area contributed by atoms with Crippen molar-refractivity contribution in [1.82, 2.24) is 9.97 Å². The number of carbonyl (C=O) groups excluding carboxylic acids is 1. The fourth-order valence-corrected chi connectivity index (χ4v) is 4.66. The van der Waals surface area contributed by atoms with Gasteiger partial charge in [-0.1, -0.05) is 29.8 Å². The third kappa shape index (κ3) is 4.57. The van der Waals surface area contributed by atoms with Crippen LogP contribution in [-0.4, -0.2) is 21.5 Å². The zero-order valence-corrected chi connectivity index (χ0v) is 20.7. The summed E-state index contributed by atoms with van der Waals surface area (Å²) in [4.78, 5) is 21.0. The number of para-hydroxylation sites is 1. The highest BCUT2D eigenvalue weighted by atomic mass is 35.5. The lowest BCUT2D eigenvalue weighted by Gasteiger charge is -2.18. The fraction of sp³-hybridized carbons (Fsp3) is 0.231. The van der Waals surface area contributed by atoms with Gasteiger partial charge in [-0.3, -0.25) is 4.79 Å². The summed E-state index contributed by atoms with van der Waals surface area (Å²) in [6.07, 6.45) is -4.48. The number of ether oxygens (including phenoxy) is 1. The van der Waals surface area contributed by atoms with E-state index in [1.54, 1.807) is 6.07 Å². The number of halogens is 5. The highest BCUT2D eigenvalue weighted by molar-refractivity contribution is 6.33. The average molecular weight is 533 g/mol. The minimum absolute atomic E-state index is 0.0361. The SMILES string of the molecule is Cc1cccc(Cl)c1Nc1nc2c3c(c(C(=O)Nc4cccc(C(F)(F)F)c4F)cc2[nH]1)OC(C)(C)C3. The van der Waals surface area contributed by atoms with E-state index in [0.717, 1.165) is 17.7 Å². The van der Waals surface area contributed by atoms with Crippen LogP contribution >= 0.6 is 11.6 Å². The van der Waals surface area contributed by atoms with Gasteiger partial charge in [0.2, 0.25) is 5.95 Å². The van der Waals surface area contributed by atoms with Crippen LogP contribution in [0.15, 0.2) is 42.5 Å². The van der Waals surface area contributed by atoms with Crippen molar-refractivity contribution in [3.05, 3.63) is 75.6 Å². The van der Waals surface area contributed by atoms with Crippen LogP contribution in [0, 0.1) is 12.7 Å². The van der Waals surface area contributed by atoms with E-state index in [4.69, 9.17) is 16.3 Å². The molecule has 0 saturated heterocycles. The number of hydrogen-bond donors (Lipinski definition) is 3. The van der Waals surface area contributed by atoms with Crippen LogP contribution in [0.4, 0.5) is 34.9 Å². The number of benzene rings is 3. The molecule has 0 aliphatic carbocycles. The Kier molecular flexibility index (Phi) is 5.82. The quantitative estimate of drug-likeness (QED) is 0.239. The van der Waals surface area contributed by atoms with E-state index >= 15 is 0 Å². The second kappa shape index (κ2) is 8.65. The van der Waals surface area contributed by atoms with Crippen LogP contribution in [0.3, 0.4) is 0 Å². The molecule has 37 heavy (non-hydrogen) atoms. The van der Waals surface area contributed by atoms with Crippen molar-refractivity contribution < 1.29 is 27.1 Å². The molecule has 192 valence electrons. The molecule has 0 atom stereocenters. The number of hydrogen-bond acceptors (Lipinski definition) is 4. The number of anilines is 3. The minimum atomic E-state index is -4.91. The smallest absolute Gasteiger partial charge is 0.419 e. The predicted molar refractivity (Wildman–Crippen MR) is 133 cm³/mol. The Labute approximate surface area is 214 Å². The summed E-state index contributed by atoms with van der Waals surface area (Å²) in [6.45, 7) is 5.57. The number of aryl methyl sites for hydroxylation is 1. The van der Waals surface area contributed by atoms with E-state index < -0.39 is 34.8 Å². The Hall–Kier alpha value is -3.79. The Morgan fingerprint density at radius 1 is 1.19 bits per heavy atom. The van der Waals surface area contributed by atoms with E-state index in [0.29, 0.717) is 45.7 Å². The molecule has 1 aliphatic rings. The first-order valence-corrected chi connectivity index (χ1v) is 11.7. The minimum Gasteiger partial charge on any atom is -0.486 e. The van der Waals surface area contributed by atoms with Crippen molar-refractivity contribution in [3.63, 3.8) is 0 Å². The summed E-state index contributed by atoms with van der Waals surface area (Å²) in [7, 11) is 0. The number of nitrogens with zero attached hydrogens (tertiary/aromatic N) is 1. The summed E-state index contributed by atoms with van der Waals surface area (Å²) in [5.74, 6) is -1.76. The second-order valence-corrected chi connectivity index (χ2v) is 9.83. The average Bonchev–Trinajstić information content (AvgIpc) is 3.35. The number of aromatic amines is 1. The lowest BCUT2D eigenvalue weighted by atomic mass is 9.98. The summed E-state index contributed by atoms with van der Waals surface area (Å²) >= 11 is 6.33. The number of rotatable bonds is 4. The topological polar surface area (TPSA) is 79.0 Å². The highest BCUT2D eigenvalue weighted by Gasteiger charge is 2.37. The first-order valence-electron chi connectivity index (χ1n) is 11.3. The molecule has 0 radical (unpaired) electrons. The molecule has 3 N–H and O–H groups in total. The van der Waals surface area contributed by atoms with E-state index in [-0.39, 0.29) is 11.3 Å². The number of imidazole rings is 1. The van der Waals surface area contributed by atoms with Crippen LogP contribution in [0.2, 0.25) is 5.02 Å². The molecule has 0 spiro atoms. The lowest BCUT2D eigenvalue weighted by molar-refractivity contribution is -0.139. The van der Waals surface area contributed by atoms with Crippen molar-refractivity contribution in [1.29, 1.82) is 0 Å². The molecule has 3 aromatic carbocycles. The molecule has 5 rings (SSSR count). The van der Waals surface area contributed by atoms with Crippen LogP contribution < -0.4 is 15.4 Å². The maximum atomic E-state index is 14.6. The molecule has 0 fully saturated rings. The summed E-state index contributed by atoms with van der Waals surface area (Å²) in [6, 6.07) is 9.64. The Bertz CT molecular complexity index is 1540. The molecular weight excluding hydrogens is 512 g/mol. The number of carbonyl (C=O) groups is 1. The maximum Gasteiger partial charge on any atom is 0.419 e. The number of aromatic nitrogens is 2. The normalized spacial score (nSPS) is 14.4. The van der Waals surface area contributed by atoms with Gasteiger partial charge < -0.3 is 20.4 Å². The van der Waals surface area contributed by atoms with Gasteiger partial charge in [0, 0.05) is 12.0 Å². The number of nitrogens with one attached hydrogen (secondary N) is 3. The van der Waals surface area contributed by atoms with Crippen molar-refractivity contribution in [2.45, 2.75) is 39.0 Å². The Morgan fingerprint density at radius 3 is 2.62 bits per heavy atom. The van der Waals surface area contributed by atoms with Gasteiger partial charge in [0.25, 0.3) is 5.91 Å².